The Morgan fingerprint density at radius 2 is 2.05 bits per heavy atom. The lowest BCUT2D eigenvalue weighted by molar-refractivity contribution is -0.154. The minimum atomic E-state index is -4.60. The number of pyridine rings is 1. The van der Waals surface area contributed by atoms with Crippen LogP contribution >= 0.6 is 0 Å². The number of ether oxygens (including phenoxy) is 1. The van der Waals surface area contributed by atoms with E-state index < -0.39 is 24.6 Å². The molecule has 0 aliphatic heterocycles. The molecule has 0 aliphatic carbocycles. The molecule has 0 aromatic carbocycles. The van der Waals surface area contributed by atoms with Gasteiger partial charge in [-0.05, 0) is 24.1 Å². The maximum absolute atomic E-state index is 13.0. The highest BCUT2D eigenvalue weighted by atomic mass is 19.4. The topological polar surface area (TPSA) is 57.0 Å². The maximum atomic E-state index is 13.0. The van der Waals surface area contributed by atoms with Crippen molar-refractivity contribution in [3.63, 3.8) is 0 Å². The summed E-state index contributed by atoms with van der Waals surface area (Å²) in [4.78, 5) is 14.9. The monoisotopic (exact) mass is 313 g/mol. The highest BCUT2D eigenvalue weighted by Crippen LogP contribution is 2.32. The third-order valence-corrected chi connectivity index (χ3v) is 2.96. The van der Waals surface area contributed by atoms with E-state index in [4.69, 9.17) is 0 Å². The molecule has 0 amide bonds. The first-order valence-electron chi connectivity index (χ1n) is 6.55. The summed E-state index contributed by atoms with van der Waals surface area (Å²) in [6, 6.07) is 4.27. The molecule has 2 rings (SSSR count). The Balaban J connectivity index is 2.37. The summed E-state index contributed by atoms with van der Waals surface area (Å²) in [5.41, 5.74) is 0.371. The number of aryl methyl sites for hydroxylation is 1. The average Bonchev–Trinajstić information content (AvgIpc) is 2.89. The van der Waals surface area contributed by atoms with Crippen LogP contribution in [0.1, 0.15) is 25.1 Å². The predicted octanol–water partition coefficient (Wildman–Crippen LogP) is 3.05. The Morgan fingerprint density at radius 1 is 1.32 bits per heavy atom. The van der Waals surface area contributed by atoms with Gasteiger partial charge in [-0.3, -0.25) is 9.78 Å². The lowest BCUT2D eigenvalue weighted by Crippen LogP contribution is -2.17. The summed E-state index contributed by atoms with van der Waals surface area (Å²) >= 11 is 0. The predicted molar refractivity (Wildman–Crippen MR) is 71.6 cm³/mol. The zero-order chi connectivity index (χ0) is 16.3. The third-order valence-electron chi connectivity index (χ3n) is 2.96. The van der Waals surface area contributed by atoms with Gasteiger partial charge in [0.25, 0.3) is 0 Å². The van der Waals surface area contributed by atoms with E-state index in [1.165, 1.54) is 0 Å². The zero-order valence-electron chi connectivity index (χ0n) is 12.0. The number of halogens is 3. The second-order valence-corrected chi connectivity index (χ2v) is 4.58. The molecule has 2 aromatic heterocycles. The van der Waals surface area contributed by atoms with Gasteiger partial charge in [0, 0.05) is 13.1 Å². The fourth-order valence-corrected chi connectivity index (χ4v) is 1.81. The number of aromatic nitrogens is 3. The number of esters is 1. The molecule has 0 radical (unpaired) electrons. The molecule has 0 spiro atoms. The number of hydrogen-bond donors (Lipinski definition) is 0. The van der Waals surface area contributed by atoms with Crippen LogP contribution in [0.2, 0.25) is 0 Å². The fourth-order valence-electron chi connectivity index (χ4n) is 1.81. The molecule has 2 aromatic rings. The van der Waals surface area contributed by atoms with Gasteiger partial charge in [0.05, 0.1) is 5.69 Å². The van der Waals surface area contributed by atoms with E-state index in [9.17, 15) is 18.0 Å². The van der Waals surface area contributed by atoms with E-state index >= 15 is 0 Å². The molecule has 5 nitrogen and oxygen atoms in total. The standard InChI is InChI=1S/C14H14F3N3O2/c1-3-10-4-5-11(18-7-10)12-6-13(14(15,16)17)20(19-12)8-22-9(2)21/h4-7H,3,8H2,1-2H3. The van der Waals surface area contributed by atoms with E-state index in [0.717, 1.165) is 25.0 Å². The first kappa shape index (κ1) is 16.0. The van der Waals surface area contributed by atoms with Gasteiger partial charge in [-0.15, -0.1) is 0 Å². The van der Waals surface area contributed by atoms with Gasteiger partial charge in [-0.1, -0.05) is 13.0 Å². The van der Waals surface area contributed by atoms with Crippen molar-refractivity contribution in [1.29, 1.82) is 0 Å². The summed E-state index contributed by atoms with van der Waals surface area (Å²) in [7, 11) is 0. The van der Waals surface area contributed by atoms with Crippen LogP contribution in [-0.2, 0) is 28.9 Å². The van der Waals surface area contributed by atoms with Crippen molar-refractivity contribution in [2.24, 2.45) is 0 Å². The van der Waals surface area contributed by atoms with Gasteiger partial charge < -0.3 is 4.74 Å². The van der Waals surface area contributed by atoms with Crippen LogP contribution in [0, 0.1) is 0 Å². The molecule has 22 heavy (non-hydrogen) atoms. The molecule has 0 atom stereocenters. The number of hydrogen-bond acceptors (Lipinski definition) is 4. The molecule has 0 N–H and O–H groups in total. The van der Waals surface area contributed by atoms with E-state index in [0.29, 0.717) is 10.4 Å². The summed E-state index contributed by atoms with van der Waals surface area (Å²) in [5.74, 6) is -0.685. The molecule has 0 bridgehead atoms. The molecule has 0 fully saturated rings. The number of nitrogens with zero attached hydrogens (tertiary/aromatic N) is 3. The Labute approximate surface area is 124 Å². The van der Waals surface area contributed by atoms with Crippen LogP contribution in [0.3, 0.4) is 0 Å². The Kier molecular flexibility index (Phi) is 4.48. The summed E-state index contributed by atoms with van der Waals surface area (Å²) in [6.45, 7) is 2.46. The zero-order valence-corrected chi connectivity index (χ0v) is 12.0. The molecular formula is C14H14F3N3O2. The largest absolute Gasteiger partial charge is 0.443 e. The molecule has 8 heteroatoms. The molecule has 0 saturated heterocycles. The van der Waals surface area contributed by atoms with Crippen LogP contribution in [-0.4, -0.2) is 20.7 Å². The Bertz CT molecular complexity index is 663. The van der Waals surface area contributed by atoms with E-state index in [1.807, 2.05) is 6.92 Å². The smallest absolute Gasteiger partial charge is 0.433 e. The SMILES string of the molecule is CCc1ccc(-c2cc(C(F)(F)F)n(COC(C)=O)n2)nc1. The van der Waals surface area contributed by atoms with Crippen LogP contribution in [0.4, 0.5) is 13.2 Å². The van der Waals surface area contributed by atoms with Gasteiger partial charge in [-0.25, -0.2) is 4.68 Å². The maximum Gasteiger partial charge on any atom is 0.433 e. The van der Waals surface area contributed by atoms with E-state index in [1.54, 1.807) is 18.3 Å². The van der Waals surface area contributed by atoms with E-state index in [-0.39, 0.29) is 5.69 Å². The lowest BCUT2D eigenvalue weighted by Gasteiger charge is -2.09. The second kappa shape index (κ2) is 6.17. The number of rotatable bonds is 4. The van der Waals surface area contributed by atoms with Crippen LogP contribution in [0.15, 0.2) is 24.4 Å². The number of alkyl halides is 3. The summed E-state index contributed by atoms with van der Waals surface area (Å²) < 4.78 is 44.2. The van der Waals surface area contributed by atoms with Crippen molar-refractivity contribution in [2.45, 2.75) is 33.2 Å². The van der Waals surface area contributed by atoms with Crippen molar-refractivity contribution in [1.82, 2.24) is 14.8 Å². The molecular weight excluding hydrogens is 299 g/mol. The van der Waals surface area contributed by atoms with Gasteiger partial charge in [-0.2, -0.15) is 18.3 Å². The molecule has 0 aliphatic rings. The first-order chi connectivity index (χ1) is 10.3. The lowest BCUT2D eigenvalue weighted by atomic mass is 10.2. The quantitative estimate of drug-likeness (QED) is 0.814. The fraction of sp³-hybridized carbons (Fsp3) is 0.357. The van der Waals surface area contributed by atoms with Crippen molar-refractivity contribution in [3.05, 3.63) is 35.7 Å². The molecule has 2 heterocycles. The minimum absolute atomic E-state index is 0.0714. The summed E-state index contributed by atoms with van der Waals surface area (Å²) in [6.07, 6.45) is -2.23. The Hall–Kier alpha value is -2.38. The average molecular weight is 313 g/mol. The van der Waals surface area contributed by atoms with Gasteiger partial charge in [0.15, 0.2) is 6.73 Å². The molecule has 0 saturated carbocycles. The first-order valence-corrected chi connectivity index (χ1v) is 6.55. The third kappa shape index (κ3) is 3.63. The van der Waals surface area contributed by atoms with Crippen molar-refractivity contribution < 1.29 is 22.7 Å². The summed E-state index contributed by atoms with van der Waals surface area (Å²) in [5, 5.41) is 3.83. The minimum Gasteiger partial charge on any atom is -0.443 e. The second-order valence-electron chi connectivity index (χ2n) is 4.58. The van der Waals surface area contributed by atoms with Gasteiger partial charge in [0.1, 0.15) is 11.4 Å². The highest BCUT2D eigenvalue weighted by molar-refractivity contribution is 5.65. The molecule has 118 valence electrons. The Morgan fingerprint density at radius 3 is 2.55 bits per heavy atom. The van der Waals surface area contributed by atoms with Gasteiger partial charge >= 0.3 is 12.1 Å². The normalized spacial score (nSPS) is 11.5. The number of carbonyl (C=O) groups is 1. The van der Waals surface area contributed by atoms with Gasteiger partial charge in [0.2, 0.25) is 0 Å². The number of carbonyl (C=O) groups excluding carboxylic acids is 1. The van der Waals surface area contributed by atoms with Crippen LogP contribution < -0.4 is 0 Å². The van der Waals surface area contributed by atoms with Crippen molar-refractivity contribution >= 4 is 5.97 Å². The van der Waals surface area contributed by atoms with Crippen molar-refractivity contribution in [3.8, 4) is 11.4 Å². The van der Waals surface area contributed by atoms with Crippen molar-refractivity contribution in [2.75, 3.05) is 0 Å². The van der Waals surface area contributed by atoms with Crippen LogP contribution in [0.5, 0.6) is 0 Å². The highest BCUT2D eigenvalue weighted by Gasteiger charge is 2.36. The van der Waals surface area contributed by atoms with Crippen LogP contribution in [0.25, 0.3) is 11.4 Å². The molecule has 0 unspecified atom stereocenters. The van der Waals surface area contributed by atoms with E-state index in [2.05, 4.69) is 14.8 Å².